The number of aliphatic hydroxyl groups excluding tert-OH is 1. The van der Waals surface area contributed by atoms with Gasteiger partial charge in [-0.2, -0.15) is 0 Å². The molecule has 2 aromatic rings. The van der Waals surface area contributed by atoms with E-state index in [-0.39, 0.29) is 12.2 Å². The molecule has 0 aliphatic carbocycles. The monoisotopic (exact) mass is 304 g/mol. The Morgan fingerprint density at radius 3 is 1.73 bits per heavy atom. The normalized spacial score (nSPS) is 10.1. The van der Waals surface area contributed by atoms with Gasteiger partial charge < -0.3 is 9.84 Å². The molecule has 3 nitrogen and oxygen atoms in total. The Bertz CT molecular complexity index is 641. The van der Waals surface area contributed by atoms with E-state index >= 15 is 0 Å². The van der Waals surface area contributed by atoms with E-state index in [0.717, 1.165) is 0 Å². The quantitative estimate of drug-likeness (QED) is 0.530. The standard InChI is InChI=1S/C17H14F2O3/c1-2-22-17(21)16(20)15(11-3-7-13(18)8-4-11)12-5-9-14(19)10-6-12/h3-10,20H,2H2,1H3. The number of halogens is 2. The molecule has 2 rings (SSSR count). The first kappa shape index (κ1) is 15.7. The summed E-state index contributed by atoms with van der Waals surface area (Å²) in [7, 11) is 0. The van der Waals surface area contributed by atoms with Crippen LogP contribution in [0.3, 0.4) is 0 Å². The molecular weight excluding hydrogens is 290 g/mol. The van der Waals surface area contributed by atoms with Crippen LogP contribution in [0, 0.1) is 11.6 Å². The van der Waals surface area contributed by atoms with Gasteiger partial charge >= 0.3 is 5.97 Å². The Morgan fingerprint density at radius 2 is 1.36 bits per heavy atom. The molecule has 0 unspecified atom stereocenters. The summed E-state index contributed by atoms with van der Waals surface area (Å²) in [6.45, 7) is 1.71. The zero-order chi connectivity index (χ0) is 16.1. The van der Waals surface area contributed by atoms with Crippen molar-refractivity contribution < 1.29 is 23.4 Å². The molecule has 22 heavy (non-hydrogen) atoms. The van der Waals surface area contributed by atoms with Gasteiger partial charge in [0.1, 0.15) is 11.6 Å². The molecule has 0 aliphatic rings. The number of carbonyl (C=O) groups is 1. The van der Waals surface area contributed by atoms with Gasteiger partial charge in [0.15, 0.2) is 0 Å². The predicted molar refractivity (Wildman–Crippen MR) is 78.1 cm³/mol. The van der Waals surface area contributed by atoms with Crippen molar-refractivity contribution >= 4 is 11.5 Å². The maximum Gasteiger partial charge on any atom is 0.374 e. The molecule has 0 aromatic heterocycles. The van der Waals surface area contributed by atoms with Crippen LogP contribution in [0.1, 0.15) is 18.1 Å². The molecule has 0 amide bonds. The van der Waals surface area contributed by atoms with Crippen molar-refractivity contribution in [1.29, 1.82) is 0 Å². The van der Waals surface area contributed by atoms with E-state index in [9.17, 15) is 18.7 Å². The Balaban J connectivity index is 2.58. The second kappa shape index (κ2) is 6.85. The molecule has 2 aromatic carbocycles. The Labute approximate surface area is 126 Å². The van der Waals surface area contributed by atoms with Crippen molar-refractivity contribution in [3.05, 3.63) is 77.1 Å². The number of hydrogen-bond donors (Lipinski definition) is 1. The highest BCUT2D eigenvalue weighted by molar-refractivity contribution is 5.99. The molecule has 0 atom stereocenters. The lowest BCUT2D eigenvalue weighted by molar-refractivity contribution is -0.141. The highest BCUT2D eigenvalue weighted by Gasteiger charge is 2.19. The average Bonchev–Trinajstić information content (AvgIpc) is 2.51. The molecule has 0 fully saturated rings. The highest BCUT2D eigenvalue weighted by atomic mass is 19.1. The first-order valence-corrected chi connectivity index (χ1v) is 6.65. The summed E-state index contributed by atoms with van der Waals surface area (Å²) in [6.07, 6.45) is 0. The van der Waals surface area contributed by atoms with E-state index in [1.165, 1.54) is 48.5 Å². The summed E-state index contributed by atoms with van der Waals surface area (Å²) >= 11 is 0. The molecular formula is C17H14F2O3. The second-order valence-corrected chi connectivity index (χ2v) is 4.46. The van der Waals surface area contributed by atoms with E-state index in [0.29, 0.717) is 11.1 Å². The summed E-state index contributed by atoms with van der Waals surface area (Å²) < 4.78 is 30.9. The van der Waals surface area contributed by atoms with Crippen LogP contribution >= 0.6 is 0 Å². The van der Waals surface area contributed by atoms with Crippen LogP contribution in [-0.4, -0.2) is 17.7 Å². The van der Waals surface area contributed by atoms with Gasteiger partial charge in [-0.15, -0.1) is 0 Å². The fourth-order valence-corrected chi connectivity index (χ4v) is 1.97. The number of carbonyl (C=O) groups excluding carboxylic acids is 1. The van der Waals surface area contributed by atoms with Gasteiger partial charge in [0, 0.05) is 5.57 Å². The lowest BCUT2D eigenvalue weighted by atomic mass is 9.96. The van der Waals surface area contributed by atoms with Gasteiger partial charge in [-0.3, -0.25) is 0 Å². The van der Waals surface area contributed by atoms with Gasteiger partial charge in [-0.1, -0.05) is 24.3 Å². The molecule has 0 bridgehead atoms. The van der Waals surface area contributed by atoms with E-state index in [2.05, 4.69) is 0 Å². The van der Waals surface area contributed by atoms with E-state index in [1.807, 2.05) is 0 Å². The van der Waals surface area contributed by atoms with Crippen LogP contribution in [0.15, 0.2) is 54.3 Å². The van der Waals surface area contributed by atoms with Crippen molar-refractivity contribution in [3.63, 3.8) is 0 Å². The maximum absolute atomic E-state index is 13.1. The van der Waals surface area contributed by atoms with Gasteiger partial charge in [-0.05, 0) is 42.3 Å². The smallest absolute Gasteiger partial charge is 0.374 e. The van der Waals surface area contributed by atoms with Crippen LogP contribution in [0.25, 0.3) is 5.57 Å². The minimum absolute atomic E-state index is 0.100. The summed E-state index contributed by atoms with van der Waals surface area (Å²) in [5.74, 6) is -2.40. The molecule has 0 spiro atoms. The Morgan fingerprint density at radius 1 is 0.955 bits per heavy atom. The zero-order valence-corrected chi connectivity index (χ0v) is 11.8. The average molecular weight is 304 g/mol. The third-order valence-corrected chi connectivity index (χ3v) is 2.97. The molecule has 0 saturated carbocycles. The number of benzene rings is 2. The Hall–Kier alpha value is -2.69. The number of rotatable bonds is 4. The zero-order valence-electron chi connectivity index (χ0n) is 11.8. The van der Waals surface area contributed by atoms with E-state index < -0.39 is 23.4 Å². The topological polar surface area (TPSA) is 46.5 Å². The number of ether oxygens (including phenoxy) is 1. The fourth-order valence-electron chi connectivity index (χ4n) is 1.97. The van der Waals surface area contributed by atoms with E-state index in [4.69, 9.17) is 4.74 Å². The summed E-state index contributed by atoms with van der Waals surface area (Å²) in [4.78, 5) is 11.8. The van der Waals surface area contributed by atoms with Gasteiger partial charge in [0.25, 0.3) is 0 Å². The molecule has 114 valence electrons. The maximum atomic E-state index is 13.1. The second-order valence-electron chi connectivity index (χ2n) is 4.46. The number of aliphatic hydroxyl groups is 1. The molecule has 0 heterocycles. The van der Waals surface area contributed by atoms with Gasteiger partial charge in [-0.25, -0.2) is 13.6 Å². The largest absolute Gasteiger partial charge is 0.501 e. The van der Waals surface area contributed by atoms with Crippen LogP contribution in [-0.2, 0) is 9.53 Å². The van der Waals surface area contributed by atoms with Crippen molar-refractivity contribution in [1.82, 2.24) is 0 Å². The van der Waals surface area contributed by atoms with Crippen LogP contribution in [0.5, 0.6) is 0 Å². The number of hydrogen-bond acceptors (Lipinski definition) is 3. The predicted octanol–water partition coefficient (Wildman–Crippen LogP) is 3.85. The summed E-state index contributed by atoms with van der Waals surface area (Å²) in [5, 5.41) is 10.2. The van der Waals surface area contributed by atoms with Gasteiger partial charge in [0.05, 0.1) is 6.61 Å². The van der Waals surface area contributed by atoms with Crippen LogP contribution in [0.4, 0.5) is 8.78 Å². The van der Waals surface area contributed by atoms with Crippen molar-refractivity contribution in [2.45, 2.75) is 6.92 Å². The SMILES string of the molecule is CCOC(=O)C(O)=C(c1ccc(F)cc1)c1ccc(F)cc1. The third-order valence-electron chi connectivity index (χ3n) is 2.97. The molecule has 1 N–H and O–H groups in total. The first-order chi connectivity index (χ1) is 10.5. The highest BCUT2D eigenvalue weighted by Crippen LogP contribution is 2.27. The lowest BCUT2D eigenvalue weighted by Gasteiger charge is -2.11. The summed E-state index contributed by atoms with van der Waals surface area (Å²) in [6, 6.07) is 10.5. The number of esters is 1. The molecule has 0 saturated heterocycles. The first-order valence-electron chi connectivity index (χ1n) is 6.65. The van der Waals surface area contributed by atoms with Crippen molar-refractivity contribution in [2.24, 2.45) is 0 Å². The van der Waals surface area contributed by atoms with Gasteiger partial charge in [0.2, 0.25) is 5.76 Å². The molecule has 5 heteroatoms. The van der Waals surface area contributed by atoms with Crippen LogP contribution in [0.2, 0.25) is 0 Å². The van der Waals surface area contributed by atoms with Crippen molar-refractivity contribution in [3.8, 4) is 0 Å². The Kier molecular flexibility index (Phi) is 4.88. The van der Waals surface area contributed by atoms with E-state index in [1.54, 1.807) is 6.92 Å². The lowest BCUT2D eigenvalue weighted by Crippen LogP contribution is -2.10. The molecule has 0 aliphatic heterocycles. The fraction of sp³-hybridized carbons (Fsp3) is 0.118. The summed E-state index contributed by atoms with van der Waals surface area (Å²) in [5.41, 5.74) is 0.982. The third kappa shape index (κ3) is 3.49. The van der Waals surface area contributed by atoms with Crippen LogP contribution < -0.4 is 0 Å². The molecule has 0 radical (unpaired) electrons. The minimum atomic E-state index is -0.897. The van der Waals surface area contributed by atoms with Crippen molar-refractivity contribution in [2.75, 3.05) is 6.61 Å². The minimum Gasteiger partial charge on any atom is -0.501 e.